The zero-order chi connectivity index (χ0) is 15.8. The van der Waals surface area contributed by atoms with E-state index in [0.717, 1.165) is 25.2 Å². The molecule has 116 valence electrons. The zero-order valence-corrected chi connectivity index (χ0v) is 14.0. The molecule has 0 atom stereocenters. The van der Waals surface area contributed by atoms with Crippen molar-refractivity contribution < 1.29 is 0 Å². The summed E-state index contributed by atoms with van der Waals surface area (Å²) in [4.78, 5) is 2.25. The Morgan fingerprint density at radius 1 is 1.09 bits per heavy atom. The molecule has 0 saturated carbocycles. The van der Waals surface area contributed by atoms with E-state index in [1.54, 1.807) is 0 Å². The van der Waals surface area contributed by atoms with Gasteiger partial charge in [-0.15, -0.1) is 0 Å². The summed E-state index contributed by atoms with van der Waals surface area (Å²) < 4.78 is 0. The third-order valence-electron chi connectivity index (χ3n) is 3.43. The number of nitrogens with zero attached hydrogens (tertiary/aromatic N) is 1. The first-order valence-electron chi connectivity index (χ1n) is 7.53. The van der Waals surface area contributed by atoms with Gasteiger partial charge in [0, 0.05) is 31.5 Å². The Hall–Kier alpha value is -2.07. The first-order valence-corrected chi connectivity index (χ1v) is 7.94. The fraction of sp³-hybridized carbons (Fsp3) is 0.278. The molecule has 0 aromatic heterocycles. The van der Waals surface area contributed by atoms with E-state index in [-0.39, 0.29) is 0 Å². The molecule has 0 aliphatic heterocycles. The molecule has 2 N–H and O–H groups in total. The first-order chi connectivity index (χ1) is 10.6. The quantitative estimate of drug-likeness (QED) is 0.626. The van der Waals surface area contributed by atoms with E-state index < -0.39 is 0 Å². The standard InChI is InChI=1S/C18H23N3S/c1-15-8-6-9-16(14-15)20-18(22)19-12-7-13-21(2)17-10-4-3-5-11-17/h3-6,8-11,14H,7,12-13H2,1-2H3,(H2,19,20,22). The van der Waals surface area contributed by atoms with Gasteiger partial charge in [-0.25, -0.2) is 0 Å². The fourth-order valence-corrected chi connectivity index (χ4v) is 2.45. The van der Waals surface area contributed by atoms with Gasteiger partial charge in [-0.05, 0) is 55.4 Å². The van der Waals surface area contributed by atoms with Crippen LogP contribution in [0, 0.1) is 6.92 Å². The van der Waals surface area contributed by atoms with Gasteiger partial charge in [-0.2, -0.15) is 0 Å². The predicted octanol–water partition coefficient (Wildman–Crippen LogP) is 3.81. The van der Waals surface area contributed by atoms with E-state index in [1.807, 2.05) is 18.2 Å². The van der Waals surface area contributed by atoms with E-state index in [4.69, 9.17) is 12.2 Å². The first kappa shape index (κ1) is 16.3. The van der Waals surface area contributed by atoms with E-state index in [9.17, 15) is 0 Å². The molecule has 2 rings (SSSR count). The molecule has 0 heterocycles. The van der Waals surface area contributed by atoms with Crippen molar-refractivity contribution in [3.05, 3.63) is 60.2 Å². The number of hydrogen-bond donors (Lipinski definition) is 2. The Labute approximate surface area is 138 Å². The minimum Gasteiger partial charge on any atom is -0.375 e. The minimum atomic E-state index is 0.674. The maximum Gasteiger partial charge on any atom is 0.170 e. The Morgan fingerprint density at radius 2 is 1.86 bits per heavy atom. The normalized spacial score (nSPS) is 10.1. The van der Waals surface area contributed by atoms with Crippen molar-refractivity contribution in [2.75, 3.05) is 30.4 Å². The topological polar surface area (TPSA) is 27.3 Å². The highest BCUT2D eigenvalue weighted by atomic mass is 32.1. The smallest absolute Gasteiger partial charge is 0.170 e. The van der Waals surface area contributed by atoms with E-state index in [2.05, 4.69) is 65.9 Å². The average Bonchev–Trinajstić information content (AvgIpc) is 2.52. The van der Waals surface area contributed by atoms with Crippen LogP contribution >= 0.6 is 12.2 Å². The van der Waals surface area contributed by atoms with Crippen molar-refractivity contribution >= 4 is 28.7 Å². The Balaban J connectivity index is 1.67. The van der Waals surface area contributed by atoms with Gasteiger partial charge in [0.25, 0.3) is 0 Å². The maximum absolute atomic E-state index is 5.32. The van der Waals surface area contributed by atoms with Gasteiger partial charge in [0.2, 0.25) is 0 Å². The van der Waals surface area contributed by atoms with Crippen molar-refractivity contribution in [3.8, 4) is 0 Å². The summed E-state index contributed by atoms with van der Waals surface area (Å²) in [6, 6.07) is 18.6. The minimum absolute atomic E-state index is 0.674. The SMILES string of the molecule is Cc1cccc(NC(=S)NCCCN(C)c2ccccc2)c1. The summed E-state index contributed by atoms with van der Waals surface area (Å²) in [5.74, 6) is 0. The summed E-state index contributed by atoms with van der Waals surface area (Å²) in [7, 11) is 2.11. The summed E-state index contributed by atoms with van der Waals surface area (Å²) in [6.07, 6.45) is 1.03. The summed E-state index contributed by atoms with van der Waals surface area (Å²) in [6.45, 7) is 3.92. The van der Waals surface area contributed by atoms with Crippen LogP contribution in [0.2, 0.25) is 0 Å². The van der Waals surface area contributed by atoms with Crippen LogP contribution < -0.4 is 15.5 Å². The molecule has 0 aliphatic rings. The van der Waals surface area contributed by atoms with Crippen molar-refractivity contribution in [1.82, 2.24) is 5.32 Å². The second-order valence-corrected chi connectivity index (χ2v) is 5.77. The molecular weight excluding hydrogens is 290 g/mol. The van der Waals surface area contributed by atoms with Gasteiger partial charge in [-0.3, -0.25) is 0 Å². The second-order valence-electron chi connectivity index (χ2n) is 5.36. The van der Waals surface area contributed by atoms with Crippen LogP contribution in [-0.4, -0.2) is 25.2 Å². The van der Waals surface area contributed by atoms with Gasteiger partial charge in [-0.1, -0.05) is 30.3 Å². The second kappa shape index (κ2) is 8.39. The van der Waals surface area contributed by atoms with Crippen LogP contribution in [0.4, 0.5) is 11.4 Å². The average molecular weight is 313 g/mol. The third-order valence-corrected chi connectivity index (χ3v) is 3.68. The molecule has 0 saturated heterocycles. The molecule has 2 aromatic rings. The number of para-hydroxylation sites is 1. The molecule has 0 amide bonds. The van der Waals surface area contributed by atoms with Crippen LogP contribution in [0.1, 0.15) is 12.0 Å². The number of rotatable bonds is 6. The monoisotopic (exact) mass is 313 g/mol. The van der Waals surface area contributed by atoms with Gasteiger partial charge in [0.1, 0.15) is 0 Å². The van der Waals surface area contributed by atoms with Crippen molar-refractivity contribution in [2.24, 2.45) is 0 Å². The lowest BCUT2D eigenvalue weighted by Gasteiger charge is -2.19. The highest BCUT2D eigenvalue weighted by Gasteiger charge is 2.00. The van der Waals surface area contributed by atoms with Crippen LogP contribution in [0.5, 0.6) is 0 Å². The molecule has 3 nitrogen and oxygen atoms in total. The molecular formula is C18H23N3S. The van der Waals surface area contributed by atoms with Gasteiger partial charge in [0.05, 0.1) is 0 Å². The van der Waals surface area contributed by atoms with Crippen LogP contribution in [-0.2, 0) is 0 Å². The number of aryl methyl sites for hydroxylation is 1. The molecule has 4 heteroatoms. The molecule has 22 heavy (non-hydrogen) atoms. The molecule has 2 aromatic carbocycles. The Bertz CT molecular complexity index is 598. The summed E-state index contributed by atoms with van der Waals surface area (Å²) in [5, 5.41) is 7.13. The van der Waals surface area contributed by atoms with Crippen molar-refractivity contribution in [1.29, 1.82) is 0 Å². The lowest BCUT2D eigenvalue weighted by atomic mass is 10.2. The number of nitrogens with one attached hydrogen (secondary N) is 2. The maximum atomic E-state index is 5.32. The summed E-state index contributed by atoms with van der Waals surface area (Å²) >= 11 is 5.32. The molecule has 0 bridgehead atoms. The predicted molar refractivity (Wildman–Crippen MR) is 99.7 cm³/mol. The largest absolute Gasteiger partial charge is 0.375 e. The van der Waals surface area contributed by atoms with Gasteiger partial charge >= 0.3 is 0 Å². The fourth-order valence-electron chi connectivity index (χ4n) is 2.23. The molecule has 0 radical (unpaired) electrons. The highest BCUT2D eigenvalue weighted by Crippen LogP contribution is 2.11. The molecule has 0 unspecified atom stereocenters. The summed E-state index contributed by atoms with van der Waals surface area (Å²) in [5.41, 5.74) is 3.49. The number of thiocarbonyl (C=S) groups is 1. The van der Waals surface area contributed by atoms with Crippen molar-refractivity contribution in [2.45, 2.75) is 13.3 Å². The van der Waals surface area contributed by atoms with Gasteiger partial charge in [0.15, 0.2) is 5.11 Å². The molecule has 0 fully saturated rings. The zero-order valence-electron chi connectivity index (χ0n) is 13.2. The van der Waals surface area contributed by atoms with Crippen LogP contribution in [0.25, 0.3) is 0 Å². The van der Waals surface area contributed by atoms with Crippen LogP contribution in [0.15, 0.2) is 54.6 Å². The van der Waals surface area contributed by atoms with Crippen LogP contribution in [0.3, 0.4) is 0 Å². The third kappa shape index (κ3) is 5.37. The highest BCUT2D eigenvalue weighted by molar-refractivity contribution is 7.80. The van der Waals surface area contributed by atoms with Crippen molar-refractivity contribution in [3.63, 3.8) is 0 Å². The Kier molecular flexibility index (Phi) is 6.22. The van der Waals surface area contributed by atoms with E-state index in [0.29, 0.717) is 5.11 Å². The Morgan fingerprint density at radius 3 is 2.59 bits per heavy atom. The number of hydrogen-bond acceptors (Lipinski definition) is 2. The van der Waals surface area contributed by atoms with E-state index >= 15 is 0 Å². The lowest BCUT2D eigenvalue weighted by Crippen LogP contribution is -2.31. The van der Waals surface area contributed by atoms with E-state index in [1.165, 1.54) is 11.3 Å². The lowest BCUT2D eigenvalue weighted by molar-refractivity contribution is 0.755. The number of anilines is 2. The number of benzene rings is 2. The molecule has 0 spiro atoms. The van der Waals surface area contributed by atoms with Gasteiger partial charge < -0.3 is 15.5 Å². The molecule has 0 aliphatic carbocycles.